The van der Waals surface area contributed by atoms with Crippen molar-refractivity contribution in [1.82, 2.24) is 0 Å². The summed E-state index contributed by atoms with van der Waals surface area (Å²) in [5.74, 6) is -0.0852. The van der Waals surface area contributed by atoms with Crippen molar-refractivity contribution in [2.75, 3.05) is 6.61 Å². The van der Waals surface area contributed by atoms with Crippen LogP contribution in [0.25, 0.3) is 0 Å². The molecule has 0 saturated heterocycles. The second kappa shape index (κ2) is 43.5. The molecule has 0 aromatic rings. The normalized spacial score (nSPS) is 12.5. The standard InChI is InChI=1S/C22H44O2.C22H46O/c1-3-5-7-9-10-11-12-13-14-16-18-20-21(22(23)24)19-17-15-8-6-4-2;1-3-5-7-9-10-11-12-13-14-16-18-20-22(21-23)19-17-15-8-6-4-2/h21H,3-20H2,1-2H3,(H,23,24);22-23H,3-21H2,1-2H3/t21-;22-/m11/s1. The molecule has 0 aliphatic carbocycles. The molecule has 0 radical (unpaired) electrons. The minimum Gasteiger partial charge on any atom is -0.481 e. The van der Waals surface area contributed by atoms with Crippen molar-refractivity contribution in [3.63, 3.8) is 0 Å². The molecule has 0 aliphatic rings. The first-order chi connectivity index (χ1) is 23.1. The van der Waals surface area contributed by atoms with Gasteiger partial charge in [-0.05, 0) is 31.6 Å². The summed E-state index contributed by atoms with van der Waals surface area (Å²) >= 11 is 0. The Morgan fingerprint density at radius 1 is 0.362 bits per heavy atom. The third kappa shape index (κ3) is 41.5. The monoisotopic (exact) mass is 667 g/mol. The number of rotatable bonds is 38. The van der Waals surface area contributed by atoms with Gasteiger partial charge in [-0.15, -0.1) is 0 Å². The molecule has 0 amide bonds. The Labute approximate surface area is 297 Å². The van der Waals surface area contributed by atoms with Crippen LogP contribution in [0, 0.1) is 11.8 Å². The molecule has 0 unspecified atom stereocenters. The van der Waals surface area contributed by atoms with E-state index in [0.717, 1.165) is 25.7 Å². The minimum absolute atomic E-state index is 0.0924. The lowest BCUT2D eigenvalue weighted by Crippen LogP contribution is -2.13. The zero-order chi connectivity index (χ0) is 34.9. The minimum atomic E-state index is -0.572. The van der Waals surface area contributed by atoms with Crippen LogP contribution >= 0.6 is 0 Å². The van der Waals surface area contributed by atoms with E-state index in [9.17, 15) is 15.0 Å². The number of carboxylic acid groups (broad SMARTS) is 1. The molecule has 0 fully saturated rings. The summed E-state index contributed by atoms with van der Waals surface area (Å²) in [6.07, 6.45) is 47.3. The second-order valence-electron chi connectivity index (χ2n) is 15.1. The summed E-state index contributed by atoms with van der Waals surface area (Å²) in [4.78, 5) is 11.3. The van der Waals surface area contributed by atoms with Gasteiger partial charge in [0.2, 0.25) is 0 Å². The lowest BCUT2D eigenvalue weighted by molar-refractivity contribution is -0.142. The average Bonchev–Trinajstić information content (AvgIpc) is 3.07. The number of hydrogen-bond acceptors (Lipinski definition) is 2. The van der Waals surface area contributed by atoms with E-state index in [1.807, 2.05) is 0 Å². The van der Waals surface area contributed by atoms with Crippen molar-refractivity contribution in [1.29, 1.82) is 0 Å². The zero-order valence-electron chi connectivity index (χ0n) is 33.1. The van der Waals surface area contributed by atoms with Crippen LogP contribution in [0.15, 0.2) is 0 Å². The number of aliphatic carboxylic acids is 1. The summed E-state index contributed by atoms with van der Waals surface area (Å²) in [6.45, 7) is 9.44. The predicted molar refractivity (Wildman–Crippen MR) is 211 cm³/mol. The molecule has 0 aromatic carbocycles. The lowest BCUT2D eigenvalue weighted by Gasteiger charge is -2.13. The van der Waals surface area contributed by atoms with E-state index in [0.29, 0.717) is 12.5 Å². The summed E-state index contributed by atoms with van der Waals surface area (Å²) in [5, 5.41) is 18.8. The fraction of sp³-hybridized carbons (Fsp3) is 0.977. The molecule has 2 atom stereocenters. The Morgan fingerprint density at radius 3 is 0.787 bits per heavy atom. The van der Waals surface area contributed by atoms with E-state index in [-0.39, 0.29) is 5.92 Å². The molecule has 47 heavy (non-hydrogen) atoms. The highest BCUT2D eigenvalue weighted by Gasteiger charge is 2.16. The number of aliphatic hydroxyl groups excluding tert-OH is 1. The highest BCUT2D eigenvalue weighted by molar-refractivity contribution is 5.69. The van der Waals surface area contributed by atoms with Gasteiger partial charge in [0.15, 0.2) is 0 Å². The predicted octanol–water partition coefficient (Wildman–Crippen LogP) is 15.4. The third-order valence-corrected chi connectivity index (χ3v) is 10.4. The summed E-state index contributed by atoms with van der Waals surface area (Å²) in [6, 6.07) is 0. The SMILES string of the molecule is CCCCCCCCCCCCC[C@@H](CCCCCCC)C(=O)O.CCCCCCCCCCCCC[C@H](CO)CCCCCCC. The molecule has 0 aliphatic heterocycles. The Morgan fingerprint density at radius 2 is 0.574 bits per heavy atom. The molecule has 0 bridgehead atoms. The van der Waals surface area contributed by atoms with Gasteiger partial charge >= 0.3 is 5.97 Å². The molecular formula is C44H90O3. The first kappa shape index (κ1) is 48.5. The van der Waals surface area contributed by atoms with Gasteiger partial charge in [-0.3, -0.25) is 4.79 Å². The highest BCUT2D eigenvalue weighted by atomic mass is 16.4. The van der Waals surface area contributed by atoms with Crippen LogP contribution in [0.1, 0.15) is 259 Å². The molecule has 284 valence electrons. The van der Waals surface area contributed by atoms with E-state index in [1.165, 1.54) is 205 Å². The maximum absolute atomic E-state index is 11.3. The molecule has 0 saturated carbocycles. The topological polar surface area (TPSA) is 57.5 Å². The van der Waals surface area contributed by atoms with Crippen LogP contribution < -0.4 is 0 Å². The molecule has 3 nitrogen and oxygen atoms in total. The van der Waals surface area contributed by atoms with Gasteiger partial charge in [0, 0.05) is 6.61 Å². The van der Waals surface area contributed by atoms with Crippen LogP contribution in [0.4, 0.5) is 0 Å². The molecule has 0 rings (SSSR count). The average molecular weight is 667 g/mol. The summed E-state index contributed by atoms with van der Waals surface area (Å²) in [7, 11) is 0. The fourth-order valence-electron chi connectivity index (χ4n) is 6.90. The zero-order valence-corrected chi connectivity index (χ0v) is 33.1. The number of hydrogen-bond donors (Lipinski definition) is 2. The van der Waals surface area contributed by atoms with Crippen molar-refractivity contribution < 1.29 is 15.0 Å². The Bertz CT molecular complexity index is 562. The molecule has 0 spiro atoms. The van der Waals surface area contributed by atoms with Crippen LogP contribution in [-0.2, 0) is 4.79 Å². The molecule has 0 heterocycles. The van der Waals surface area contributed by atoms with E-state index in [1.54, 1.807) is 0 Å². The van der Waals surface area contributed by atoms with Gasteiger partial charge in [0.25, 0.3) is 0 Å². The van der Waals surface area contributed by atoms with E-state index >= 15 is 0 Å². The number of unbranched alkanes of at least 4 members (excludes halogenated alkanes) is 28. The third-order valence-electron chi connectivity index (χ3n) is 10.4. The van der Waals surface area contributed by atoms with Gasteiger partial charge in [-0.25, -0.2) is 0 Å². The quantitative estimate of drug-likeness (QED) is 0.0645. The van der Waals surface area contributed by atoms with Crippen molar-refractivity contribution in [3.8, 4) is 0 Å². The van der Waals surface area contributed by atoms with E-state index in [4.69, 9.17) is 0 Å². The van der Waals surface area contributed by atoms with Crippen molar-refractivity contribution in [2.24, 2.45) is 11.8 Å². The highest BCUT2D eigenvalue weighted by Crippen LogP contribution is 2.21. The Balaban J connectivity index is 0. The van der Waals surface area contributed by atoms with Gasteiger partial charge in [-0.2, -0.15) is 0 Å². The second-order valence-corrected chi connectivity index (χ2v) is 15.1. The number of carbonyl (C=O) groups is 1. The maximum atomic E-state index is 11.3. The van der Waals surface area contributed by atoms with Crippen molar-refractivity contribution in [3.05, 3.63) is 0 Å². The van der Waals surface area contributed by atoms with E-state index in [2.05, 4.69) is 27.7 Å². The Kier molecular flexibility index (Phi) is 44.9. The summed E-state index contributed by atoms with van der Waals surface area (Å²) < 4.78 is 0. The van der Waals surface area contributed by atoms with Crippen molar-refractivity contribution in [2.45, 2.75) is 259 Å². The van der Waals surface area contributed by atoms with Gasteiger partial charge in [0.05, 0.1) is 5.92 Å². The van der Waals surface area contributed by atoms with Crippen LogP contribution in [-0.4, -0.2) is 22.8 Å². The van der Waals surface area contributed by atoms with Crippen LogP contribution in [0.2, 0.25) is 0 Å². The van der Waals surface area contributed by atoms with E-state index < -0.39 is 5.97 Å². The molecule has 2 N–H and O–H groups in total. The maximum Gasteiger partial charge on any atom is 0.306 e. The van der Waals surface area contributed by atoms with Crippen LogP contribution in [0.5, 0.6) is 0 Å². The molecule has 0 aromatic heterocycles. The van der Waals surface area contributed by atoms with Gasteiger partial charge in [0.1, 0.15) is 0 Å². The molecule has 3 heteroatoms. The van der Waals surface area contributed by atoms with Gasteiger partial charge < -0.3 is 10.2 Å². The summed E-state index contributed by atoms with van der Waals surface area (Å²) in [5.41, 5.74) is 0. The molecular weight excluding hydrogens is 576 g/mol. The first-order valence-electron chi connectivity index (χ1n) is 21.9. The first-order valence-corrected chi connectivity index (χ1v) is 21.9. The smallest absolute Gasteiger partial charge is 0.306 e. The lowest BCUT2D eigenvalue weighted by atomic mass is 9.94. The Hall–Kier alpha value is -0.570. The fourth-order valence-corrected chi connectivity index (χ4v) is 6.90. The van der Waals surface area contributed by atoms with Gasteiger partial charge in [-0.1, -0.05) is 233 Å². The number of aliphatic hydroxyl groups is 1. The van der Waals surface area contributed by atoms with Crippen LogP contribution in [0.3, 0.4) is 0 Å². The number of carboxylic acids is 1. The van der Waals surface area contributed by atoms with Crippen molar-refractivity contribution >= 4 is 5.97 Å². The largest absolute Gasteiger partial charge is 0.481 e.